The van der Waals surface area contributed by atoms with Gasteiger partial charge in [0.05, 0.1) is 0 Å². The number of para-hydroxylation sites is 1. The fourth-order valence-corrected chi connectivity index (χ4v) is 6.45. The molecule has 4 heteroatoms. The summed E-state index contributed by atoms with van der Waals surface area (Å²) in [6, 6.07) is 60.5. The lowest BCUT2D eigenvalue weighted by Gasteiger charge is -2.13. The van der Waals surface area contributed by atoms with Gasteiger partial charge < -0.3 is 4.42 Å². The largest absolute Gasteiger partial charge is 0.456 e. The molecule has 0 saturated heterocycles. The average molecular weight is 628 g/mol. The molecule has 9 rings (SSSR count). The average Bonchev–Trinajstić information content (AvgIpc) is 3.56. The molecule has 49 heavy (non-hydrogen) atoms. The van der Waals surface area contributed by atoms with Gasteiger partial charge in [-0.3, -0.25) is 0 Å². The number of rotatable bonds is 6. The lowest BCUT2D eigenvalue weighted by molar-refractivity contribution is 0.669. The van der Waals surface area contributed by atoms with E-state index in [1.807, 2.05) is 60.7 Å². The Bertz CT molecular complexity index is 2560. The zero-order valence-corrected chi connectivity index (χ0v) is 26.5. The Morgan fingerprint density at radius 1 is 0.286 bits per heavy atom. The Kier molecular flexibility index (Phi) is 7.10. The van der Waals surface area contributed by atoms with Crippen LogP contribution in [0.25, 0.3) is 89.5 Å². The molecule has 0 aliphatic heterocycles. The summed E-state index contributed by atoms with van der Waals surface area (Å²) >= 11 is 0. The third kappa shape index (κ3) is 5.45. The van der Waals surface area contributed by atoms with E-state index in [9.17, 15) is 0 Å². The minimum absolute atomic E-state index is 0.589. The molecule has 230 valence electrons. The van der Waals surface area contributed by atoms with Crippen molar-refractivity contribution in [3.63, 3.8) is 0 Å². The molecule has 0 N–H and O–H groups in total. The van der Waals surface area contributed by atoms with Crippen LogP contribution in [0.4, 0.5) is 0 Å². The number of hydrogen-bond acceptors (Lipinski definition) is 4. The Morgan fingerprint density at radius 3 is 1.31 bits per heavy atom. The minimum Gasteiger partial charge on any atom is -0.456 e. The van der Waals surface area contributed by atoms with Gasteiger partial charge >= 0.3 is 0 Å². The SMILES string of the molecule is c1ccc(-c2ccc(-c3ccc(-c4nc(-c5ccccc5)nc(-c5cc6oc7ccccc7c6cc5-c5ccccc5)n4)cc3)cc2)cc1. The molecule has 0 saturated carbocycles. The number of hydrogen-bond donors (Lipinski definition) is 0. The van der Waals surface area contributed by atoms with Crippen LogP contribution < -0.4 is 0 Å². The summed E-state index contributed by atoms with van der Waals surface area (Å²) < 4.78 is 6.35. The van der Waals surface area contributed by atoms with Crippen molar-refractivity contribution in [2.75, 3.05) is 0 Å². The van der Waals surface area contributed by atoms with Gasteiger partial charge in [-0.2, -0.15) is 0 Å². The second-order valence-corrected chi connectivity index (χ2v) is 12.1. The summed E-state index contributed by atoms with van der Waals surface area (Å²) in [5.74, 6) is 1.81. The first-order valence-electron chi connectivity index (χ1n) is 16.4. The number of fused-ring (bicyclic) bond motifs is 3. The van der Waals surface area contributed by atoms with Crippen LogP contribution in [0.5, 0.6) is 0 Å². The van der Waals surface area contributed by atoms with Gasteiger partial charge in [0, 0.05) is 27.5 Å². The Labute approximate surface area is 284 Å². The van der Waals surface area contributed by atoms with E-state index in [4.69, 9.17) is 19.4 Å². The van der Waals surface area contributed by atoms with Crippen molar-refractivity contribution in [3.05, 3.63) is 176 Å². The fraction of sp³-hybridized carbons (Fsp3) is 0. The lowest BCUT2D eigenvalue weighted by Crippen LogP contribution is -2.01. The number of nitrogens with zero attached hydrogens (tertiary/aromatic N) is 3. The van der Waals surface area contributed by atoms with E-state index in [-0.39, 0.29) is 0 Å². The fourth-order valence-electron chi connectivity index (χ4n) is 6.45. The lowest BCUT2D eigenvalue weighted by atomic mass is 9.96. The van der Waals surface area contributed by atoms with Crippen molar-refractivity contribution in [1.82, 2.24) is 15.0 Å². The van der Waals surface area contributed by atoms with E-state index < -0.39 is 0 Å². The van der Waals surface area contributed by atoms with Crippen molar-refractivity contribution >= 4 is 21.9 Å². The highest BCUT2D eigenvalue weighted by molar-refractivity contribution is 6.08. The predicted octanol–water partition coefficient (Wildman–Crippen LogP) is 11.8. The second-order valence-electron chi connectivity index (χ2n) is 12.1. The standard InChI is InChI=1S/C45H29N3O/c1-4-12-30(13-5-1)31-20-22-32(23-21-31)33-24-26-36(27-25-33)44-46-43(35-16-8-3-9-17-35)47-45(48-44)40-29-42-39(37-18-10-11-19-41(37)49-42)28-38(40)34-14-6-2-7-15-34/h1-29H. The highest BCUT2D eigenvalue weighted by Gasteiger charge is 2.19. The maximum atomic E-state index is 6.35. The van der Waals surface area contributed by atoms with Crippen LogP contribution in [0.3, 0.4) is 0 Å². The van der Waals surface area contributed by atoms with Crippen LogP contribution in [0.15, 0.2) is 180 Å². The first-order chi connectivity index (χ1) is 24.3. The van der Waals surface area contributed by atoms with Crippen molar-refractivity contribution in [2.24, 2.45) is 0 Å². The zero-order chi connectivity index (χ0) is 32.6. The van der Waals surface area contributed by atoms with Crippen LogP contribution in [-0.4, -0.2) is 15.0 Å². The van der Waals surface area contributed by atoms with E-state index in [0.717, 1.165) is 60.9 Å². The minimum atomic E-state index is 0.589. The summed E-state index contributed by atoms with van der Waals surface area (Å²) in [5.41, 5.74) is 11.2. The predicted molar refractivity (Wildman–Crippen MR) is 200 cm³/mol. The smallest absolute Gasteiger partial charge is 0.164 e. The van der Waals surface area contributed by atoms with Crippen LogP contribution in [0.2, 0.25) is 0 Å². The topological polar surface area (TPSA) is 51.8 Å². The summed E-state index contributed by atoms with van der Waals surface area (Å²) in [6.07, 6.45) is 0. The van der Waals surface area contributed by atoms with E-state index >= 15 is 0 Å². The maximum Gasteiger partial charge on any atom is 0.164 e. The highest BCUT2D eigenvalue weighted by Crippen LogP contribution is 2.39. The van der Waals surface area contributed by atoms with E-state index in [2.05, 4.69) is 115 Å². The first-order valence-corrected chi connectivity index (χ1v) is 16.4. The molecule has 9 aromatic rings. The molecule has 0 fully saturated rings. The summed E-state index contributed by atoms with van der Waals surface area (Å²) in [4.78, 5) is 15.2. The Hall–Kier alpha value is -6.65. The van der Waals surface area contributed by atoms with Gasteiger partial charge in [-0.25, -0.2) is 15.0 Å². The van der Waals surface area contributed by atoms with Gasteiger partial charge in [0.2, 0.25) is 0 Å². The maximum absolute atomic E-state index is 6.35. The molecule has 0 aliphatic carbocycles. The van der Waals surface area contributed by atoms with Gasteiger partial charge in [0.1, 0.15) is 11.2 Å². The van der Waals surface area contributed by atoms with Crippen LogP contribution in [-0.2, 0) is 0 Å². The molecule has 0 amide bonds. The molecule has 0 radical (unpaired) electrons. The van der Waals surface area contributed by atoms with Crippen molar-refractivity contribution in [1.29, 1.82) is 0 Å². The Morgan fingerprint density at radius 2 is 0.714 bits per heavy atom. The number of aromatic nitrogens is 3. The van der Waals surface area contributed by atoms with Crippen LogP contribution in [0, 0.1) is 0 Å². The van der Waals surface area contributed by atoms with E-state index in [0.29, 0.717) is 17.5 Å². The van der Waals surface area contributed by atoms with Crippen molar-refractivity contribution in [3.8, 4) is 67.5 Å². The Balaban J connectivity index is 1.17. The molecular formula is C45H29N3O. The molecule has 4 nitrogen and oxygen atoms in total. The van der Waals surface area contributed by atoms with Gasteiger partial charge in [0.15, 0.2) is 17.5 Å². The van der Waals surface area contributed by atoms with Crippen molar-refractivity contribution in [2.45, 2.75) is 0 Å². The third-order valence-electron chi connectivity index (χ3n) is 8.98. The third-order valence-corrected chi connectivity index (χ3v) is 8.98. The first kappa shape index (κ1) is 28.6. The molecule has 2 aromatic heterocycles. The molecular weight excluding hydrogens is 599 g/mol. The molecule has 0 unspecified atom stereocenters. The number of furan rings is 1. The molecule has 0 aliphatic rings. The number of benzene rings is 7. The second kappa shape index (κ2) is 12.2. The normalized spacial score (nSPS) is 11.3. The van der Waals surface area contributed by atoms with Crippen LogP contribution >= 0.6 is 0 Å². The van der Waals surface area contributed by atoms with Gasteiger partial charge in [-0.05, 0) is 51.6 Å². The molecule has 7 aromatic carbocycles. The molecule has 2 heterocycles. The monoisotopic (exact) mass is 627 g/mol. The van der Waals surface area contributed by atoms with Gasteiger partial charge in [-0.15, -0.1) is 0 Å². The summed E-state index contributed by atoms with van der Waals surface area (Å²) in [6.45, 7) is 0. The quantitative estimate of drug-likeness (QED) is 0.184. The summed E-state index contributed by atoms with van der Waals surface area (Å²) in [7, 11) is 0. The van der Waals surface area contributed by atoms with Gasteiger partial charge in [0.25, 0.3) is 0 Å². The summed E-state index contributed by atoms with van der Waals surface area (Å²) in [5, 5.41) is 2.14. The van der Waals surface area contributed by atoms with E-state index in [1.165, 1.54) is 11.1 Å². The molecule has 0 bridgehead atoms. The van der Waals surface area contributed by atoms with Crippen molar-refractivity contribution < 1.29 is 4.42 Å². The van der Waals surface area contributed by atoms with Crippen LogP contribution in [0.1, 0.15) is 0 Å². The highest BCUT2D eigenvalue weighted by atomic mass is 16.3. The zero-order valence-electron chi connectivity index (χ0n) is 26.5. The van der Waals surface area contributed by atoms with E-state index in [1.54, 1.807) is 0 Å². The molecule has 0 atom stereocenters. The molecule has 0 spiro atoms. The van der Waals surface area contributed by atoms with Gasteiger partial charge in [-0.1, -0.05) is 158 Å².